The molecule has 0 amide bonds. The zero-order valence-corrected chi connectivity index (χ0v) is 11.3. The third kappa shape index (κ3) is 4.93. The van der Waals surface area contributed by atoms with E-state index < -0.39 is 28.6 Å². The molecule has 1 rings (SSSR count). The van der Waals surface area contributed by atoms with Gasteiger partial charge in [0.2, 0.25) is 0 Å². The van der Waals surface area contributed by atoms with Gasteiger partial charge in [0.05, 0.1) is 28.2 Å². The first-order chi connectivity index (χ1) is 8.88. The number of alkyl halides is 3. The maximum atomic E-state index is 12.5. The van der Waals surface area contributed by atoms with Crippen LogP contribution in [0, 0.1) is 0 Å². The van der Waals surface area contributed by atoms with Crippen molar-refractivity contribution in [1.29, 1.82) is 0 Å². The standard InChI is InChI=1S/C12H16F3NO2S/c1-2-18-10(7-16)8-19(17)11-5-3-4-9(6-11)12(13,14)15/h3-6,10H,2,7-8,16H2,1H3. The van der Waals surface area contributed by atoms with Gasteiger partial charge in [0, 0.05) is 18.0 Å². The van der Waals surface area contributed by atoms with Gasteiger partial charge < -0.3 is 10.5 Å². The first kappa shape index (κ1) is 16.1. The van der Waals surface area contributed by atoms with Crippen molar-refractivity contribution in [3.05, 3.63) is 29.8 Å². The SMILES string of the molecule is CCOC(CN)CS(=O)c1cccc(C(F)(F)F)c1. The Morgan fingerprint density at radius 1 is 1.42 bits per heavy atom. The number of halogens is 3. The highest BCUT2D eigenvalue weighted by Crippen LogP contribution is 2.30. The van der Waals surface area contributed by atoms with Gasteiger partial charge in [-0.15, -0.1) is 0 Å². The molecule has 7 heteroatoms. The van der Waals surface area contributed by atoms with Crippen molar-refractivity contribution >= 4 is 10.8 Å². The minimum atomic E-state index is -4.44. The van der Waals surface area contributed by atoms with E-state index in [1.165, 1.54) is 12.1 Å². The van der Waals surface area contributed by atoms with E-state index in [4.69, 9.17) is 10.5 Å². The predicted molar refractivity (Wildman–Crippen MR) is 67.2 cm³/mol. The molecular weight excluding hydrogens is 279 g/mol. The van der Waals surface area contributed by atoms with E-state index in [1.807, 2.05) is 0 Å². The minimum Gasteiger partial charge on any atom is -0.376 e. The van der Waals surface area contributed by atoms with E-state index in [-0.39, 0.29) is 17.2 Å². The molecule has 0 saturated carbocycles. The molecule has 1 aromatic carbocycles. The number of nitrogens with two attached hydrogens (primary N) is 1. The average Bonchev–Trinajstić information content (AvgIpc) is 2.37. The van der Waals surface area contributed by atoms with E-state index in [2.05, 4.69) is 0 Å². The molecule has 0 fully saturated rings. The summed E-state index contributed by atoms with van der Waals surface area (Å²) in [5.74, 6) is 0.0889. The van der Waals surface area contributed by atoms with E-state index in [1.54, 1.807) is 6.92 Å². The lowest BCUT2D eigenvalue weighted by atomic mass is 10.2. The molecule has 2 N–H and O–H groups in total. The second kappa shape index (κ2) is 7.02. The van der Waals surface area contributed by atoms with Crippen LogP contribution < -0.4 is 5.73 Å². The Kier molecular flexibility index (Phi) is 5.96. The van der Waals surface area contributed by atoms with E-state index in [9.17, 15) is 17.4 Å². The normalized spacial score (nSPS) is 15.2. The summed E-state index contributed by atoms with van der Waals surface area (Å²) in [5.41, 5.74) is 4.64. The monoisotopic (exact) mass is 295 g/mol. The van der Waals surface area contributed by atoms with Gasteiger partial charge in [-0.05, 0) is 25.1 Å². The smallest absolute Gasteiger partial charge is 0.376 e. The van der Waals surface area contributed by atoms with Crippen LogP contribution in [-0.4, -0.2) is 29.2 Å². The fourth-order valence-corrected chi connectivity index (χ4v) is 2.75. The molecule has 3 nitrogen and oxygen atoms in total. The van der Waals surface area contributed by atoms with Crippen LogP contribution in [0.5, 0.6) is 0 Å². The van der Waals surface area contributed by atoms with E-state index >= 15 is 0 Å². The van der Waals surface area contributed by atoms with E-state index in [0.717, 1.165) is 12.1 Å². The third-order valence-corrected chi connectivity index (χ3v) is 3.88. The molecule has 2 unspecified atom stereocenters. The van der Waals surface area contributed by atoms with Crippen molar-refractivity contribution in [3.8, 4) is 0 Å². The van der Waals surface area contributed by atoms with Crippen LogP contribution in [0.15, 0.2) is 29.2 Å². The zero-order valence-electron chi connectivity index (χ0n) is 10.4. The highest BCUT2D eigenvalue weighted by molar-refractivity contribution is 7.85. The molecular formula is C12H16F3NO2S. The van der Waals surface area contributed by atoms with Crippen LogP contribution in [-0.2, 0) is 21.7 Å². The van der Waals surface area contributed by atoms with Gasteiger partial charge in [-0.25, -0.2) is 0 Å². The largest absolute Gasteiger partial charge is 0.416 e. The zero-order chi connectivity index (χ0) is 14.5. The highest BCUT2D eigenvalue weighted by Gasteiger charge is 2.30. The summed E-state index contributed by atoms with van der Waals surface area (Å²) in [6, 6.07) is 4.50. The van der Waals surface area contributed by atoms with Crippen molar-refractivity contribution < 1.29 is 22.1 Å². The lowest BCUT2D eigenvalue weighted by molar-refractivity contribution is -0.137. The molecule has 0 aromatic heterocycles. The highest BCUT2D eigenvalue weighted by atomic mass is 32.2. The average molecular weight is 295 g/mol. The number of hydrogen-bond acceptors (Lipinski definition) is 3. The summed E-state index contributed by atoms with van der Waals surface area (Å²) < 4.78 is 54.8. The van der Waals surface area contributed by atoms with Crippen molar-refractivity contribution in [1.82, 2.24) is 0 Å². The first-order valence-electron chi connectivity index (χ1n) is 5.75. The van der Waals surface area contributed by atoms with Crippen LogP contribution in [0.2, 0.25) is 0 Å². The van der Waals surface area contributed by atoms with Gasteiger partial charge in [-0.3, -0.25) is 4.21 Å². The molecule has 19 heavy (non-hydrogen) atoms. The molecule has 0 heterocycles. The Bertz CT molecular complexity index is 437. The Morgan fingerprint density at radius 3 is 2.63 bits per heavy atom. The van der Waals surface area contributed by atoms with Crippen LogP contribution >= 0.6 is 0 Å². The number of ether oxygens (including phenoxy) is 1. The number of rotatable bonds is 6. The van der Waals surface area contributed by atoms with Crippen molar-refractivity contribution in [2.45, 2.75) is 24.1 Å². The second-order valence-electron chi connectivity index (χ2n) is 3.85. The maximum Gasteiger partial charge on any atom is 0.416 e. The van der Waals surface area contributed by atoms with Crippen molar-refractivity contribution in [2.24, 2.45) is 5.73 Å². The molecule has 0 radical (unpaired) electrons. The van der Waals surface area contributed by atoms with Gasteiger partial charge in [-0.1, -0.05) is 6.07 Å². The molecule has 108 valence electrons. The molecule has 0 aliphatic heterocycles. The van der Waals surface area contributed by atoms with Gasteiger partial charge in [0.25, 0.3) is 0 Å². The summed E-state index contributed by atoms with van der Waals surface area (Å²) in [6.45, 7) is 2.37. The molecule has 0 aliphatic carbocycles. The third-order valence-electron chi connectivity index (χ3n) is 2.43. The lowest BCUT2D eigenvalue weighted by Gasteiger charge is -2.15. The second-order valence-corrected chi connectivity index (χ2v) is 5.35. The lowest BCUT2D eigenvalue weighted by Crippen LogP contribution is -2.29. The Hall–Kier alpha value is -0.920. The summed E-state index contributed by atoms with van der Waals surface area (Å²) in [7, 11) is -1.56. The molecule has 0 saturated heterocycles. The van der Waals surface area contributed by atoms with Crippen LogP contribution in [0.25, 0.3) is 0 Å². The predicted octanol–water partition coefficient (Wildman–Crippen LogP) is 2.18. The molecule has 0 bridgehead atoms. The van der Waals surface area contributed by atoms with Crippen LogP contribution in [0.4, 0.5) is 13.2 Å². The van der Waals surface area contributed by atoms with Crippen molar-refractivity contribution in [2.75, 3.05) is 18.9 Å². The van der Waals surface area contributed by atoms with Gasteiger partial charge in [0.1, 0.15) is 0 Å². The topological polar surface area (TPSA) is 52.3 Å². The quantitative estimate of drug-likeness (QED) is 0.875. The number of hydrogen-bond donors (Lipinski definition) is 1. The summed E-state index contributed by atoms with van der Waals surface area (Å²) >= 11 is 0. The summed E-state index contributed by atoms with van der Waals surface area (Å²) in [4.78, 5) is 0.132. The van der Waals surface area contributed by atoms with Gasteiger partial charge in [-0.2, -0.15) is 13.2 Å². The molecule has 1 aromatic rings. The summed E-state index contributed by atoms with van der Waals surface area (Å²) in [5, 5.41) is 0. The maximum absolute atomic E-state index is 12.5. The first-order valence-corrected chi connectivity index (χ1v) is 7.07. The minimum absolute atomic E-state index is 0.0889. The van der Waals surface area contributed by atoms with Gasteiger partial charge in [0.15, 0.2) is 0 Å². The number of benzene rings is 1. The van der Waals surface area contributed by atoms with Crippen LogP contribution in [0.1, 0.15) is 12.5 Å². The Morgan fingerprint density at radius 2 is 2.11 bits per heavy atom. The Labute approximate surface area is 112 Å². The fraction of sp³-hybridized carbons (Fsp3) is 0.500. The van der Waals surface area contributed by atoms with Gasteiger partial charge >= 0.3 is 6.18 Å². The molecule has 2 atom stereocenters. The summed E-state index contributed by atoms with van der Waals surface area (Å²) in [6.07, 6.45) is -4.85. The molecule has 0 spiro atoms. The fourth-order valence-electron chi connectivity index (χ4n) is 1.50. The molecule has 0 aliphatic rings. The van der Waals surface area contributed by atoms with Crippen molar-refractivity contribution in [3.63, 3.8) is 0 Å². The van der Waals surface area contributed by atoms with E-state index in [0.29, 0.717) is 6.61 Å². The van der Waals surface area contributed by atoms with Crippen LogP contribution in [0.3, 0.4) is 0 Å². The Balaban J connectivity index is 2.82.